The molecule has 8 heteroatoms. The van der Waals surface area contributed by atoms with E-state index in [1.807, 2.05) is 6.07 Å². The van der Waals surface area contributed by atoms with Gasteiger partial charge in [0.15, 0.2) is 0 Å². The van der Waals surface area contributed by atoms with Gasteiger partial charge in [-0.2, -0.15) is 13.2 Å². The van der Waals surface area contributed by atoms with Crippen molar-refractivity contribution in [2.24, 2.45) is 5.16 Å². The van der Waals surface area contributed by atoms with Gasteiger partial charge in [0.05, 0.1) is 12.1 Å². The number of hydrogen-bond acceptors (Lipinski definition) is 5. The van der Waals surface area contributed by atoms with Gasteiger partial charge in [0.25, 0.3) is 0 Å². The average Bonchev–Trinajstić information content (AvgIpc) is 2.99. The first kappa shape index (κ1) is 18.2. The Kier molecular flexibility index (Phi) is 4.88. The highest BCUT2D eigenvalue weighted by Gasteiger charge is 2.60. The first-order chi connectivity index (χ1) is 12.3. The Morgan fingerprint density at radius 3 is 2.38 bits per heavy atom. The summed E-state index contributed by atoms with van der Waals surface area (Å²) >= 11 is 0. The second-order valence-electron chi connectivity index (χ2n) is 6.06. The molecule has 1 aliphatic rings. The number of alkyl halides is 3. The fourth-order valence-corrected chi connectivity index (χ4v) is 2.56. The lowest BCUT2D eigenvalue weighted by Gasteiger charge is -2.22. The lowest BCUT2D eigenvalue weighted by Crippen LogP contribution is -2.45. The molecule has 1 aliphatic heterocycles. The Bertz CT molecular complexity index is 806. The first-order valence-electron chi connectivity index (χ1n) is 7.89. The number of aliphatic hydroxyl groups is 1. The number of nitrogens with zero attached hydrogens (tertiary/aromatic N) is 1. The molecule has 0 aliphatic carbocycles. The van der Waals surface area contributed by atoms with Crippen LogP contribution in [0.15, 0.2) is 53.7 Å². The number of hydrogen-bond donors (Lipinski definition) is 3. The van der Waals surface area contributed by atoms with Crippen LogP contribution in [0.4, 0.5) is 13.2 Å². The SMILES string of the molecule is Oc1cccc(CNCc2ccc(C3=NOC(O)(C(F)(F)F)C3)cc2)c1. The largest absolute Gasteiger partial charge is 0.508 e. The van der Waals surface area contributed by atoms with Crippen LogP contribution in [0.2, 0.25) is 0 Å². The van der Waals surface area contributed by atoms with Crippen molar-refractivity contribution in [3.05, 3.63) is 65.2 Å². The maximum absolute atomic E-state index is 12.7. The normalized spacial score (nSPS) is 19.9. The van der Waals surface area contributed by atoms with Crippen LogP contribution in [0.25, 0.3) is 0 Å². The Balaban J connectivity index is 1.56. The van der Waals surface area contributed by atoms with E-state index in [0.29, 0.717) is 18.7 Å². The molecule has 1 unspecified atom stereocenters. The fourth-order valence-electron chi connectivity index (χ4n) is 2.56. The Morgan fingerprint density at radius 2 is 1.77 bits per heavy atom. The van der Waals surface area contributed by atoms with Crippen molar-refractivity contribution in [3.63, 3.8) is 0 Å². The molecule has 0 radical (unpaired) electrons. The number of aromatic hydroxyl groups is 1. The third-order valence-electron chi connectivity index (χ3n) is 4.01. The molecule has 0 amide bonds. The average molecular weight is 366 g/mol. The molecular formula is C18H17F3N2O3. The van der Waals surface area contributed by atoms with Crippen LogP contribution in [-0.4, -0.2) is 27.9 Å². The smallest absolute Gasteiger partial charge is 0.458 e. The molecule has 26 heavy (non-hydrogen) atoms. The lowest BCUT2D eigenvalue weighted by molar-refractivity contribution is -0.355. The summed E-state index contributed by atoms with van der Waals surface area (Å²) in [7, 11) is 0. The van der Waals surface area contributed by atoms with Crippen LogP contribution >= 0.6 is 0 Å². The molecule has 2 aromatic carbocycles. The number of phenols is 1. The van der Waals surface area contributed by atoms with E-state index in [1.165, 1.54) is 0 Å². The third-order valence-corrected chi connectivity index (χ3v) is 4.01. The first-order valence-corrected chi connectivity index (χ1v) is 7.89. The lowest BCUT2D eigenvalue weighted by atomic mass is 10.0. The van der Waals surface area contributed by atoms with Crippen LogP contribution in [0.5, 0.6) is 5.75 Å². The molecule has 138 valence electrons. The number of rotatable bonds is 5. The minimum absolute atomic E-state index is 0.0455. The van der Waals surface area contributed by atoms with Gasteiger partial charge in [-0.25, -0.2) is 0 Å². The molecule has 0 aromatic heterocycles. The summed E-state index contributed by atoms with van der Waals surface area (Å²) in [5.41, 5.74) is 2.37. The van der Waals surface area contributed by atoms with Crippen LogP contribution < -0.4 is 5.32 Å². The monoisotopic (exact) mass is 366 g/mol. The van der Waals surface area contributed by atoms with E-state index in [0.717, 1.165) is 11.1 Å². The van der Waals surface area contributed by atoms with E-state index >= 15 is 0 Å². The van der Waals surface area contributed by atoms with E-state index in [4.69, 9.17) is 0 Å². The summed E-state index contributed by atoms with van der Waals surface area (Å²) in [6, 6.07) is 13.7. The molecular weight excluding hydrogens is 349 g/mol. The van der Waals surface area contributed by atoms with Gasteiger partial charge < -0.3 is 20.4 Å². The van der Waals surface area contributed by atoms with Gasteiger partial charge in [0.2, 0.25) is 0 Å². The van der Waals surface area contributed by atoms with Gasteiger partial charge in [-0.05, 0) is 28.8 Å². The molecule has 1 heterocycles. The van der Waals surface area contributed by atoms with Crippen molar-refractivity contribution in [2.75, 3.05) is 0 Å². The summed E-state index contributed by atoms with van der Waals surface area (Å²) in [6.07, 6.45) is -5.65. The standard InChI is InChI=1S/C18H17F3N2O3/c19-18(20,21)17(25)9-16(23-26-17)14-6-4-12(5-7-14)10-22-11-13-2-1-3-15(24)8-13/h1-8,22,24-25H,9-11H2. The van der Waals surface area contributed by atoms with Crippen LogP contribution in [-0.2, 0) is 17.9 Å². The molecule has 5 nitrogen and oxygen atoms in total. The zero-order chi connectivity index (χ0) is 18.8. The molecule has 3 N–H and O–H groups in total. The predicted octanol–water partition coefficient (Wildman–Crippen LogP) is 3.06. The molecule has 0 saturated heterocycles. The van der Waals surface area contributed by atoms with Gasteiger partial charge in [0, 0.05) is 13.1 Å². The topological polar surface area (TPSA) is 74.1 Å². The Labute approximate surface area is 147 Å². The predicted molar refractivity (Wildman–Crippen MR) is 88.3 cm³/mol. The highest BCUT2D eigenvalue weighted by Crippen LogP contribution is 2.38. The van der Waals surface area contributed by atoms with Crippen molar-refractivity contribution < 1.29 is 28.2 Å². The molecule has 3 rings (SSSR count). The number of halogens is 3. The van der Waals surface area contributed by atoms with Gasteiger partial charge in [-0.3, -0.25) is 0 Å². The Hall–Kier alpha value is -2.58. The van der Waals surface area contributed by atoms with Crippen LogP contribution in [0.1, 0.15) is 23.1 Å². The minimum Gasteiger partial charge on any atom is -0.508 e. The van der Waals surface area contributed by atoms with Crippen LogP contribution in [0.3, 0.4) is 0 Å². The van der Waals surface area contributed by atoms with E-state index in [2.05, 4.69) is 15.3 Å². The highest BCUT2D eigenvalue weighted by atomic mass is 19.4. The van der Waals surface area contributed by atoms with Gasteiger partial charge >= 0.3 is 12.0 Å². The van der Waals surface area contributed by atoms with Gasteiger partial charge in [-0.15, -0.1) is 0 Å². The number of oxime groups is 1. The van der Waals surface area contributed by atoms with Crippen LogP contribution in [0, 0.1) is 0 Å². The van der Waals surface area contributed by atoms with Crippen molar-refractivity contribution in [1.82, 2.24) is 5.32 Å². The number of nitrogens with one attached hydrogen (secondary N) is 1. The molecule has 0 spiro atoms. The maximum atomic E-state index is 12.7. The van der Waals surface area contributed by atoms with Gasteiger partial charge in [-0.1, -0.05) is 41.6 Å². The molecule has 0 fully saturated rings. The summed E-state index contributed by atoms with van der Waals surface area (Å²) < 4.78 is 38.2. The van der Waals surface area contributed by atoms with E-state index < -0.39 is 18.4 Å². The zero-order valence-corrected chi connectivity index (χ0v) is 13.6. The maximum Gasteiger partial charge on any atom is 0.458 e. The number of benzene rings is 2. The third kappa shape index (κ3) is 3.97. The van der Waals surface area contributed by atoms with Crippen molar-refractivity contribution in [2.45, 2.75) is 31.5 Å². The van der Waals surface area contributed by atoms with Gasteiger partial charge in [0.1, 0.15) is 5.75 Å². The molecule has 1 atom stereocenters. The number of phenolic OH excluding ortho intramolecular Hbond substituents is 1. The second-order valence-corrected chi connectivity index (χ2v) is 6.06. The summed E-state index contributed by atoms with van der Waals surface area (Å²) in [5, 5.41) is 25.5. The second kappa shape index (κ2) is 6.97. The zero-order valence-electron chi connectivity index (χ0n) is 13.6. The van der Waals surface area contributed by atoms with Crippen molar-refractivity contribution in [1.29, 1.82) is 0 Å². The minimum atomic E-state index is -4.91. The molecule has 0 bridgehead atoms. The fraction of sp³-hybridized carbons (Fsp3) is 0.278. The Morgan fingerprint density at radius 1 is 1.08 bits per heavy atom. The van der Waals surface area contributed by atoms with E-state index in [9.17, 15) is 23.4 Å². The molecule has 0 saturated carbocycles. The highest BCUT2D eigenvalue weighted by molar-refractivity contribution is 6.01. The summed E-state index contributed by atoms with van der Waals surface area (Å²) in [4.78, 5) is 4.21. The quantitative estimate of drug-likeness (QED) is 0.760. The van der Waals surface area contributed by atoms with Crippen molar-refractivity contribution in [3.8, 4) is 5.75 Å². The molecule has 2 aromatic rings. The van der Waals surface area contributed by atoms with E-state index in [-0.39, 0.29) is 11.5 Å². The summed E-state index contributed by atoms with van der Waals surface area (Å²) in [6.45, 7) is 1.11. The summed E-state index contributed by atoms with van der Waals surface area (Å²) in [5.74, 6) is -3.06. The van der Waals surface area contributed by atoms with Crippen molar-refractivity contribution >= 4 is 5.71 Å². The van der Waals surface area contributed by atoms with E-state index in [1.54, 1.807) is 42.5 Å².